The maximum Gasteiger partial charge on any atom is 0.188 e. The minimum atomic E-state index is -0.626. The van der Waals surface area contributed by atoms with Gasteiger partial charge in [0.05, 0.1) is 6.54 Å². The summed E-state index contributed by atoms with van der Waals surface area (Å²) in [5.74, 6) is -0.446. The van der Waals surface area contributed by atoms with Crippen molar-refractivity contribution in [2.75, 3.05) is 0 Å². The smallest absolute Gasteiger partial charge is 0.188 e. The standard InChI is InChI=1S/C9H10FN5O/c10-7-3-1-2-6(9(7)16)4-11-5-8-12-14-15-13-8/h1-3,11,16H,4-5H2,(H,12,13,14,15). The lowest BCUT2D eigenvalue weighted by Crippen LogP contribution is -2.14. The lowest BCUT2D eigenvalue weighted by molar-refractivity contribution is 0.423. The summed E-state index contributed by atoms with van der Waals surface area (Å²) in [5.41, 5.74) is 0.489. The van der Waals surface area contributed by atoms with E-state index < -0.39 is 5.82 Å². The molecule has 0 atom stereocenters. The molecule has 7 heteroatoms. The minimum Gasteiger partial charge on any atom is -0.505 e. The van der Waals surface area contributed by atoms with Crippen molar-refractivity contribution < 1.29 is 9.50 Å². The molecular formula is C9H10FN5O. The van der Waals surface area contributed by atoms with Crippen LogP contribution in [0.3, 0.4) is 0 Å². The Morgan fingerprint density at radius 2 is 2.25 bits per heavy atom. The average molecular weight is 223 g/mol. The van der Waals surface area contributed by atoms with Crippen LogP contribution < -0.4 is 5.32 Å². The lowest BCUT2D eigenvalue weighted by atomic mass is 10.2. The van der Waals surface area contributed by atoms with Crippen LogP contribution in [0.25, 0.3) is 0 Å². The van der Waals surface area contributed by atoms with E-state index in [2.05, 4.69) is 25.9 Å². The average Bonchev–Trinajstić information content (AvgIpc) is 2.77. The number of benzene rings is 1. The topological polar surface area (TPSA) is 86.7 Å². The first-order valence-electron chi connectivity index (χ1n) is 4.67. The molecule has 1 aromatic heterocycles. The number of tetrazole rings is 1. The van der Waals surface area contributed by atoms with Gasteiger partial charge in [-0.25, -0.2) is 4.39 Å². The Bertz CT molecular complexity index is 459. The highest BCUT2D eigenvalue weighted by Crippen LogP contribution is 2.20. The second-order valence-corrected chi connectivity index (χ2v) is 3.18. The van der Waals surface area contributed by atoms with Crippen LogP contribution in [-0.2, 0) is 13.1 Å². The number of para-hydroxylation sites is 1. The number of aromatic nitrogens is 4. The van der Waals surface area contributed by atoms with Gasteiger partial charge in [-0.15, -0.1) is 10.2 Å². The first kappa shape index (κ1) is 10.5. The Morgan fingerprint density at radius 3 is 3.00 bits per heavy atom. The second kappa shape index (κ2) is 4.67. The van der Waals surface area contributed by atoms with Gasteiger partial charge in [-0.1, -0.05) is 17.3 Å². The molecule has 2 rings (SSSR count). The Kier molecular flexibility index (Phi) is 3.06. The molecule has 0 aliphatic rings. The largest absolute Gasteiger partial charge is 0.505 e. The molecule has 6 nitrogen and oxygen atoms in total. The minimum absolute atomic E-state index is 0.330. The fourth-order valence-corrected chi connectivity index (χ4v) is 1.27. The zero-order chi connectivity index (χ0) is 11.4. The quantitative estimate of drug-likeness (QED) is 0.695. The summed E-state index contributed by atoms with van der Waals surface area (Å²) in [6.45, 7) is 0.727. The van der Waals surface area contributed by atoms with E-state index in [4.69, 9.17) is 0 Å². The van der Waals surface area contributed by atoms with Crippen LogP contribution >= 0.6 is 0 Å². The van der Waals surface area contributed by atoms with Crippen molar-refractivity contribution >= 4 is 0 Å². The van der Waals surface area contributed by atoms with Crippen molar-refractivity contribution in [2.45, 2.75) is 13.1 Å². The number of rotatable bonds is 4. The first-order chi connectivity index (χ1) is 7.77. The third kappa shape index (κ3) is 2.31. The van der Waals surface area contributed by atoms with E-state index in [1.54, 1.807) is 12.1 Å². The van der Waals surface area contributed by atoms with Gasteiger partial charge in [0.1, 0.15) is 0 Å². The molecule has 2 aromatic rings. The second-order valence-electron chi connectivity index (χ2n) is 3.18. The molecule has 0 bridgehead atoms. The maximum absolute atomic E-state index is 13.0. The number of nitrogens with zero attached hydrogens (tertiary/aromatic N) is 3. The molecule has 16 heavy (non-hydrogen) atoms. The molecule has 0 aliphatic heterocycles. The number of aromatic amines is 1. The molecule has 0 saturated heterocycles. The number of hydrogen-bond donors (Lipinski definition) is 3. The Morgan fingerprint density at radius 1 is 1.38 bits per heavy atom. The van der Waals surface area contributed by atoms with Gasteiger partial charge in [-0.2, -0.15) is 5.21 Å². The molecular weight excluding hydrogens is 213 g/mol. The van der Waals surface area contributed by atoms with E-state index in [-0.39, 0.29) is 5.75 Å². The predicted molar refractivity (Wildman–Crippen MR) is 52.8 cm³/mol. The zero-order valence-corrected chi connectivity index (χ0v) is 8.31. The van der Waals surface area contributed by atoms with Gasteiger partial charge in [-0.3, -0.25) is 0 Å². The maximum atomic E-state index is 13.0. The molecule has 1 heterocycles. The Hall–Kier alpha value is -2.02. The van der Waals surface area contributed by atoms with E-state index in [1.165, 1.54) is 6.07 Å². The molecule has 0 fully saturated rings. The summed E-state index contributed by atoms with van der Waals surface area (Å²) >= 11 is 0. The molecule has 0 saturated carbocycles. The molecule has 0 amide bonds. The summed E-state index contributed by atoms with van der Waals surface area (Å²) < 4.78 is 13.0. The number of aromatic hydroxyl groups is 1. The molecule has 0 aliphatic carbocycles. The van der Waals surface area contributed by atoms with Gasteiger partial charge in [0.2, 0.25) is 0 Å². The van der Waals surface area contributed by atoms with Gasteiger partial charge in [0.15, 0.2) is 17.4 Å². The van der Waals surface area contributed by atoms with Gasteiger partial charge in [0, 0.05) is 12.1 Å². The number of phenolic OH excluding ortho intramolecular Hbond substituents is 1. The third-order valence-corrected chi connectivity index (χ3v) is 2.06. The lowest BCUT2D eigenvalue weighted by Gasteiger charge is -2.05. The van der Waals surface area contributed by atoms with Crippen LogP contribution in [0.4, 0.5) is 4.39 Å². The van der Waals surface area contributed by atoms with E-state index in [0.717, 1.165) is 0 Å². The van der Waals surface area contributed by atoms with Gasteiger partial charge in [0.25, 0.3) is 0 Å². The number of halogens is 1. The highest BCUT2D eigenvalue weighted by Gasteiger charge is 2.06. The monoisotopic (exact) mass is 223 g/mol. The van der Waals surface area contributed by atoms with Crippen molar-refractivity contribution in [3.05, 3.63) is 35.4 Å². The van der Waals surface area contributed by atoms with Gasteiger partial charge < -0.3 is 10.4 Å². The summed E-state index contributed by atoms with van der Waals surface area (Å²) in [7, 11) is 0. The Balaban J connectivity index is 1.92. The van der Waals surface area contributed by atoms with Gasteiger partial charge in [-0.05, 0) is 6.07 Å². The normalized spacial score (nSPS) is 10.6. The predicted octanol–water partition coefficient (Wildman–Crippen LogP) is 0.334. The first-order valence-corrected chi connectivity index (χ1v) is 4.67. The van der Waals surface area contributed by atoms with Crippen molar-refractivity contribution in [1.29, 1.82) is 0 Å². The van der Waals surface area contributed by atoms with Crippen LogP contribution in [-0.4, -0.2) is 25.7 Å². The van der Waals surface area contributed by atoms with Crippen molar-refractivity contribution in [3.63, 3.8) is 0 Å². The number of hydrogen-bond acceptors (Lipinski definition) is 5. The number of nitrogens with one attached hydrogen (secondary N) is 2. The summed E-state index contributed by atoms with van der Waals surface area (Å²) in [6, 6.07) is 4.39. The van der Waals surface area contributed by atoms with Crippen LogP contribution in [0.2, 0.25) is 0 Å². The molecule has 1 aromatic carbocycles. The van der Waals surface area contributed by atoms with E-state index >= 15 is 0 Å². The fourth-order valence-electron chi connectivity index (χ4n) is 1.27. The van der Waals surface area contributed by atoms with Crippen LogP contribution in [0.15, 0.2) is 18.2 Å². The summed E-state index contributed by atoms with van der Waals surface area (Å²) in [5, 5.41) is 25.5. The SMILES string of the molecule is Oc1c(F)cccc1CNCc1nn[nH]n1. The van der Waals surface area contributed by atoms with E-state index in [9.17, 15) is 9.50 Å². The highest BCUT2D eigenvalue weighted by molar-refractivity contribution is 5.33. The van der Waals surface area contributed by atoms with Crippen molar-refractivity contribution in [2.24, 2.45) is 0 Å². The van der Waals surface area contributed by atoms with Gasteiger partial charge >= 0.3 is 0 Å². The molecule has 84 valence electrons. The third-order valence-electron chi connectivity index (χ3n) is 2.06. The number of phenols is 1. The van der Waals surface area contributed by atoms with Crippen LogP contribution in [0.1, 0.15) is 11.4 Å². The van der Waals surface area contributed by atoms with Crippen molar-refractivity contribution in [1.82, 2.24) is 25.9 Å². The van der Waals surface area contributed by atoms with E-state index in [1.807, 2.05) is 0 Å². The van der Waals surface area contributed by atoms with Crippen molar-refractivity contribution in [3.8, 4) is 5.75 Å². The van der Waals surface area contributed by atoms with Crippen LogP contribution in [0.5, 0.6) is 5.75 Å². The number of H-pyrrole nitrogens is 1. The summed E-state index contributed by atoms with van der Waals surface area (Å²) in [4.78, 5) is 0. The molecule has 0 unspecified atom stereocenters. The molecule has 0 spiro atoms. The fraction of sp³-hybridized carbons (Fsp3) is 0.222. The molecule has 0 radical (unpaired) electrons. The Labute approximate surface area is 90.5 Å². The highest BCUT2D eigenvalue weighted by atomic mass is 19.1. The summed E-state index contributed by atoms with van der Waals surface area (Å²) in [6.07, 6.45) is 0. The van der Waals surface area contributed by atoms with Crippen LogP contribution in [0, 0.1) is 5.82 Å². The van der Waals surface area contributed by atoms with E-state index in [0.29, 0.717) is 24.5 Å². The zero-order valence-electron chi connectivity index (χ0n) is 8.31. The molecule has 3 N–H and O–H groups in total.